The maximum atomic E-state index is 11.7. The molecule has 0 saturated carbocycles. The molecule has 0 saturated heterocycles. The molecule has 5 nitrogen and oxygen atoms in total. The van der Waals surface area contributed by atoms with Gasteiger partial charge in [-0.3, -0.25) is 4.90 Å². The van der Waals surface area contributed by atoms with E-state index in [9.17, 15) is 9.59 Å². The molecule has 1 rings (SSSR count). The Morgan fingerprint density at radius 2 is 1.95 bits per heavy atom. The first kappa shape index (κ1) is 15.6. The summed E-state index contributed by atoms with van der Waals surface area (Å²) in [6.45, 7) is 1.88. The Balaban J connectivity index is 3.33. The summed E-state index contributed by atoms with van der Waals surface area (Å²) in [7, 11) is 2.67. The van der Waals surface area contributed by atoms with Crippen LogP contribution in [0.4, 0.5) is 10.5 Å². The molecule has 1 aromatic rings. The zero-order chi connectivity index (χ0) is 14.6. The van der Waals surface area contributed by atoms with Crippen LogP contribution < -0.4 is 4.90 Å². The van der Waals surface area contributed by atoms with Crippen LogP contribution in [0.25, 0.3) is 0 Å². The zero-order valence-corrected chi connectivity index (χ0v) is 12.2. The molecule has 0 aromatic heterocycles. The van der Waals surface area contributed by atoms with Crippen molar-refractivity contribution in [1.29, 1.82) is 0 Å². The molecule has 0 radical (unpaired) electrons. The molecule has 7 heteroatoms. The van der Waals surface area contributed by atoms with E-state index < -0.39 is 12.1 Å². The minimum absolute atomic E-state index is 0.0834. The number of carbonyl (C=O) groups excluding carboxylic acids is 2. The van der Waals surface area contributed by atoms with E-state index >= 15 is 0 Å². The topological polar surface area (TPSA) is 55.8 Å². The highest BCUT2D eigenvalue weighted by molar-refractivity contribution is 6.44. The second-order valence-corrected chi connectivity index (χ2v) is 4.29. The first-order valence-electron chi connectivity index (χ1n) is 5.40. The van der Waals surface area contributed by atoms with Crippen molar-refractivity contribution in [2.24, 2.45) is 0 Å². The molecule has 0 heterocycles. The highest BCUT2D eigenvalue weighted by Crippen LogP contribution is 2.36. The third kappa shape index (κ3) is 3.30. The van der Waals surface area contributed by atoms with Crippen LogP contribution in [-0.2, 0) is 9.47 Å². The van der Waals surface area contributed by atoms with Gasteiger partial charge in [-0.05, 0) is 19.1 Å². The quantitative estimate of drug-likeness (QED) is 0.803. The summed E-state index contributed by atoms with van der Waals surface area (Å²) in [6.07, 6.45) is -0.642. The van der Waals surface area contributed by atoms with Crippen LogP contribution in [0.5, 0.6) is 0 Å². The Morgan fingerprint density at radius 1 is 1.32 bits per heavy atom. The largest absolute Gasteiger partial charge is 0.465 e. The number of ether oxygens (including phenoxy) is 2. The summed E-state index contributed by atoms with van der Waals surface area (Å²) in [5.74, 6) is -0.621. The number of esters is 1. The van der Waals surface area contributed by atoms with Gasteiger partial charge in [-0.25, -0.2) is 9.59 Å². The number of carbonyl (C=O) groups is 2. The lowest BCUT2D eigenvalue weighted by molar-refractivity contribution is 0.0601. The van der Waals surface area contributed by atoms with Crippen molar-refractivity contribution in [2.75, 3.05) is 25.7 Å². The molecule has 0 atom stereocenters. The van der Waals surface area contributed by atoms with Gasteiger partial charge in [0.15, 0.2) is 0 Å². The predicted molar refractivity (Wildman–Crippen MR) is 73.2 cm³/mol. The Kier molecular flexibility index (Phi) is 5.44. The fourth-order valence-corrected chi connectivity index (χ4v) is 1.90. The first-order valence-corrected chi connectivity index (χ1v) is 6.16. The highest BCUT2D eigenvalue weighted by atomic mass is 35.5. The fraction of sp³-hybridized carbons (Fsp3) is 0.333. The van der Waals surface area contributed by atoms with Gasteiger partial charge in [-0.2, -0.15) is 0 Å². The molecule has 0 N–H and O–H groups in total. The molecule has 0 aliphatic carbocycles. The number of hydrogen-bond donors (Lipinski definition) is 0. The lowest BCUT2D eigenvalue weighted by atomic mass is 10.1. The predicted octanol–water partition coefficient (Wildman–Crippen LogP) is 3.37. The molecule has 0 aliphatic rings. The van der Waals surface area contributed by atoms with E-state index in [2.05, 4.69) is 4.74 Å². The van der Waals surface area contributed by atoms with E-state index in [1.54, 1.807) is 6.92 Å². The Hall–Kier alpha value is -1.46. The summed E-state index contributed by atoms with van der Waals surface area (Å²) in [5.41, 5.74) is 0.284. The fourth-order valence-electron chi connectivity index (χ4n) is 1.45. The van der Waals surface area contributed by atoms with Crippen molar-refractivity contribution in [3.8, 4) is 0 Å². The van der Waals surface area contributed by atoms with Crippen molar-refractivity contribution >= 4 is 41.0 Å². The smallest absolute Gasteiger partial charge is 0.414 e. The molecule has 1 aromatic carbocycles. The number of anilines is 1. The van der Waals surface area contributed by atoms with E-state index in [1.807, 2.05) is 0 Å². The molecule has 0 aliphatic heterocycles. The van der Waals surface area contributed by atoms with Crippen molar-refractivity contribution in [1.82, 2.24) is 0 Å². The Labute approximate surface area is 121 Å². The van der Waals surface area contributed by atoms with Crippen molar-refractivity contribution in [3.63, 3.8) is 0 Å². The van der Waals surface area contributed by atoms with Gasteiger partial charge >= 0.3 is 12.1 Å². The summed E-state index contributed by atoms with van der Waals surface area (Å²) in [5, 5.41) is 0.306. The van der Waals surface area contributed by atoms with Gasteiger partial charge in [-0.1, -0.05) is 23.2 Å². The highest BCUT2D eigenvalue weighted by Gasteiger charge is 2.24. The molecule has 0 unspecified atom stereocenters. The summed E-state index contributed by atoms with van der Waals surface area (Å²) in [4.78, 5) is 24.5. The molecular formula is C12H13Cl2NO4. The lowest BCUT2D eigenvalue weighted by Crippen LogP contribution is -2.29. The summed E-state index contributed by atoms with van der Waals surface area (Å²) in [6, 6.07) is 2.89. The second kappa shape index (κ2) is 6.63. The van der Waals surface area contributed by atoms with Crippen LogP contribution in [0.1, 0.15) is 17.3 Å². The third-order valence-electron chi connectivity index (χ3n) is 2.35. The monoisotopic (exact) mass is 305 g/mol. The normalized spacial score (nSPS) is 9.95. The molecule has 19 heavy (non-hydrogen) atoms. The van der Waals surface area contributed by atoms with Gasteiger partial charge < -0.3 is 9.47 Å². The molecular weight excluding hydrogens is 293 g/mol. The van der Waals surface area contributed by atoms with Gasteiger partial charge in [0.25, 0.3) is 0 Å². The van der Waals surface area contributed by atoms with Gasteiger partial charge in [0.1, 0.15) is 0 Å². The van der Waals surface area contributed by atoms with Crippen LogP contribution >= 0.6 is 23.2 Å². The number of hydrogen-bond acceptors (Lipinski definition) is 4. The van der Waals surface area contributed by atoms with Crippen LogP contribution in [0, 0.1) is 0 Å². The van der Waals surface area contributed by atoms with Gasteiger partial charge in [0.2, 0.25) is 0 Å². The van der Waals surface area contributed by atoms with Crippen molar-refractivity contribution in [3.05, 3.63) is 27.7 Å². The van der Waals surface area contributed by atoms with Crippen LogP contribution in [0.15, 0.2) is 12.1 Å². The lowest BCUT2D eigenvalue weighted by Gasteiger charge is -2.20. The second-order valence-electron chi connectivity index (χ2n) is 3.51. The minimum Gasteiger partial charge on any atom is -0.465 e. The maximum absolute atomic E-state index is 11.7. The van der Waals surface area contributed by atoms with E-state index in [0.29, 0.717) is 0 Å². The average molecular weight is 306 g/mol. The molecule has 1 amide bonds. The van der Waals surface area contributed by atoms with E-state index in [1.165, 1.54) is 26.3 Å². The number of nitrogens with zero attached hydrogens (tertiary/aromatic N) is 1. The van der Waals surface area contributed by atoms with Gasteiger partial charge in [-0.15, -0.1) is 0 Å². The molecule has 0 bridgehead atoms. The summed E-state index contributed by atoms with van der Waals surface area (Å²) < 4.78 is 9.50. The number of benzene rings is 1. The van der Waals surface area contributed by atoms with Crippen LogP contribution in [-0.4, -0.2) is 32.8 Å². The van der Waals surface area contributed by atoms with Gasteiger partial charge in [0, 0.05) is 7.05 Å². The number of amides is 1. The summed E-state index contributed by atoms with van der Waals surface area (Å²) >= 11 is 11.9. The van der Waals surface area contributed by atoms with Crippen molar-refractivity contribution in [2.45, 2.75) is 6.92 Å². The minimum atomic E-state index is -0.642. The Bertz CT molecular complexity index is 505. The van der Waals surface area contributed by atoms with E-state index in [0.717, 1.165) is 4.90 Å². The first-order chi connectivity index (χ1) is 8.93. The maximum Gasteiger partial charge on any atom is 0.414 e. The van der Waals surface area contributed by atoms with Crippen LogP contribution in [0.2, 0.25) is 10.0 Å². The van der Waals surface area contributed by atoms with Crippen molar-refractivity contribution < 1.29 is 19.1 Å². The number of rotatable bonds is 3. The number of halogens is 2. The zero-order valence-electron chi connectivity index (χ0n) is 10.7. The molecule has 104 valence electrons. The van der Waals surface area contributed by atoms with E-state index in [4.69, 9.17) is 27.9 Å². The standard InChI is InChI=1S/C12H13Cl2NO4/c1-4-19-12(17)15(2)10-7(11(16)18-3)5-6-8(13)9(10)14/h5-6H,4H2,1-3H3. The van der Waals surface area contributed by atoms with Gasteiger partial charge in [0.05, 0.1) is 35.0 Å². The van der Waals surface area contributed by atoms with E-state index in [-0.39, 0.29) is 27.9 Å². The number of methoxy groups -OCH3 is 1. The molecule has 0 spiro atoms. The molecule has 0 fully saturated rings. The van der Waals surface area contributed by atoms with Crippen LogP contribution in [0.3, 0.4) is 0 Å². The SMILES string of the molecule is CCOC(=O)N(C)c1c(C(=O)OC)ccc(Cl)c1Cl. The average Bonchev–Trinajstić information content (AvgIpc) is 2.40. The Morgan fingerprint density at radius 3 is 2.47 bits per heavy atom. The third-order valence-corrected chi connectivity index (χ3v) is 3.15.